The monoisotopic (exact) mass is 229 g/mol. The summed E-state index contributed by atoms with van der Waals surface area (Å²) in [6, 6.07) is 0. The number of ether oxygens (including phenoxy) is 1. The van der Waals surface area contributed by atoms with Crippen molar-refractivity contribution in [1.29, 1.82) is 0 Å². The third-order valence-electron chi connectivity index (χ3n) is 2.95. The summed E-state index contributed by atoms with van der Waals surface area (Å²) in [5, 5.41) is 0. The van der Waals surface area contributed by atoms with E-state index >= 15 is 0 Å². The van der Waals surface area contributed by atoms with Crippen molar-refractivity contribution in [1.82, 2.24) is 4.98 Å². The van der Waals surface area contributed by atoms with E-state index in [0.717, 1.165) is 5.89 Å². The van der Waals surface area contributed by atoms with Gasteiger partial charge in [-0.1, -0.05) is 19.3 Å². The predicted molar refractivity (Wildman–Crippen MR) is 58.4 cm³/mol. The molecule has 0 aliphatic heterocycles. The van der Waals surface area contributed by atoms with E-state index in [1.165, 1.54) is 32.1 Å². The van der Waals surface area contributed by atoms with Crippen LogP contribution in [0.25, 0.3) is 0 Å². The molecule has 1 aromatic heterocycles. The summed E-state index contributed by atoms with van der Waals surface area (Å²) in [6.07, 6.45) is 6.21. The van der Waals surface area contributed by atoms with Crippen LogP contribution in [0.2, 0.25) is 0 Å². The molecule has 0 amide bonds. The first-order valence-corrected chi connectivity index (χ1v) is 5.98. The molecule has 4 heteroatoms. The lowest BCUT2D eigenvalue weighted by molar-refractivity contribution is 0.354. The van der Waals surface area contributed by atoms with Crippen molar-refractivity contribution in [3.05, 3.63) is 11.7 Å². The SMILES string of the molecule is COc1nc(C2CCCCC2)oc1CCl. The molecule has 1 fully saturated rings. The molecule has 0 spiro atoms. The highest BCUT2D eigenvalue weighted by Crippen LogP contribution is 2.34. The fourth-order valence-corrected chi connectivity index (χ4v) is 2.29. The summed E-state index contributed by atoms with van der Waals surface area (Å²) in [5.41, 5.74) is 0. The summed E-state index contributed by atoms with van der Waals surface area (Å²) >= 11 is 5.75. The van der Waals surface area contributed by atoms with Gasteiger partial charge >= 0.3 is 0 Å². The Morgan fingerprint density at radius 3 is 2.67 bits per heavy atom. The standard InChI is InChI=1S/C11H16ClNO2/c1-14-11-9(7-12)15-10(13-11)8-5-3-2-4-6-8/h8H,2-7H2,1H3. The van der Waals surface area contributed by atoms with Gasteiger partial charge in [-0.05, 0) is 12.8 Å². The third-order valence-corrected chi connectivity index (χ3v) is 3.19. The molecule has 0 bridgehead atoms. The van der Waals surface area contributed by atoms with E-state index in [9.17, 15) is 0 Å². The van der Waals surface area contributed by atoms with E-state index in [1.54, 1.807) is 7.11 Å². The topological polar surface area (TPSA) is 35.3 Å². The number of nitrogens with zero attached hydrogens (tertiary/aromatic N) is 1. The van der Waals surface area contributed by atoms with Crippen LogP contribution in [0.3, 0.4) is 0 Å². The number of methoxy groups -OCH3 is 1. The van der Waals surface area contributed by atoms with E-state index in [-0.39, 0.29) is 0 Å². The number of hydrogen-bond acceptors (Lipinski definition) is 3. The van der Waals surface area contributed by atoms with Crippen molar-refractivity contribution in [2.75, 3.05) is 7.11 Å². The summed E-state index contributed by atoms with van der Waals surface area (Å²) in [5.74, 6) is 2.79. The van der Waals surface area contributed by atoms with Gasteiger partial charge in [-0.15, -0.1) is 11.6 Å². The van der Waals surface area contributed by atoms with Gasteiger partial charge in [-0.3, -0.25) is 0 Å². The lowest BCUT2D eigenvalue weighted by Gasteiger charge is -2.17. The molecular formula is C11H16ClNO2. The molecule has 1 aromatic rings. The molecule has 1 heterocycles. The first-order valence-electron chi connectivity index (χ1n) is 5.44. The van der Waals surface area contributed by atoms with Crippen LogP contribution in [0.5, 0.6) is 5.88 Å². The van der Waals surface area contributed by atoms with E-state index in [0.29, 0.717) is 23.4 Å². The minimum atomic E-state index is 0.322. The van der Waals surface area contributed by atoms with E-state index in [4.69, 9.17) is 20.8 Å². The highest BCUT2D eigenvalue weighted by Gasteiger charge is 2.23. The van der Waals surface area contributed by atoms with Gasteiger partial charge in [0.25, 0.3) is 5.88 Å². The van der Waals surface area contributed by atoms with Gasteiger partial charge in [-0.2, -0.15) is 4.98 Å². The van der Waals surface area contributed by atoms with Crippen LogP contribution in [0.4, 0.5) is 0 Å². The van der Waals surface area contributed by atoms with Crippen LogP contribution in [-0.4, -0.2) is 12.1 Å². The van der Waals surface area contributed by atoms with Crippen LogP contribution < -0.4 is 4.74 Å². The van der Waals surface area contributed by atoms with Crippen LogP contribution >= 0.6 is 11.6 Å². The smallest absolute Gasteiger partial charge is 0.257 e. The number of alkyl halides is 1. The van der Waals surface area contributed by atoms with Crippen molar-refractivity contribution in [2.45, 2.75) is 43.9 Å². The number of aromatic nitrogens is 1. The normalized spacial score (nSPS) is 18.0. The van der Waals surface area contributed by atoms with Crippen molar-refractivity contribution >= 4 is 11.6 Å². The molecule has 2 rings (SSSR count). The zero-order valence-electron chi connectivity index (χ0n) is 8.96. The minimum Gasteiger partial charge on any atom is -0.478 e. The first kappa shape index (κ1) is 10.8. The van der Waals surface area contributed by atoms with Gasteiger partial charge in [0.05, 0.1) is 13.0 Å². The van der Waals surface area contributed by atoms with Gasteiger partial charge in [0.15, 0.2) is 5.76 Å². The maximum absolute atomic E-state index is 5.75. The molecule has 15 heavy (non-hydrogen) atoms. The Morgan fingerprint density at radius 2 is 2.13 bits per heavy atom. The Balaban J connectivity index is 2.16. The van der Waals surface area contributed by atoms with Crippen LogP contribution in [0.15, 0.2) is 4.42 Å². The quantitative estimate of drug-likeness (QED) is 0.745. The molecule has 0 saturated heterocycles. The van der Waals surface area contributed by atoms with Gasteiger partial charge in [-0.25, -0.2) is 0 Å². The van der Waals surface area contributed by atoms with Gasteiger partial charge < -0.3 is 9.15 Å². The van der Waals surface area contributed by atoms with E-state index in [2.05, 4.69) is 4.98 Å². The number of halogens is 1. The minimum absolute atomic E-state index is 0.322. The molecule has 0 unspecified atom stereocenters. The Morgan fingerprint density at radius 1 is 1.40 bits per heavy atom. The number of rotatable bonds is 3. The van der Waals surface area contributed by atoms with Gasteiger partial charge in [0.2, 0.25) is 5.89 Å². The Kier molecular flexibility index (Phi) is 3.52. The molecule has 3 nitrogen and oxygen atoms in total. The van der Waals surface area contributed by atoms with Gasteiger partial charge in [0, 0.05) is 5.92 Å². The predicted octanol–water partition coefficient (Wildman–Crippen LogP) is 3.47. The maximum atomic E-state index is 5.75. The lowest BCUT2D eigenvalue weighted by atomic mass is 9.89. The Hall–Kier alpha value is -0.700. The Labute approximate surface area is 94.8 Å². The van der Waals surface area contributed by atoms with Crippen LogP contribution in [-0.2, 0) is 5.88 Å². The molecule has 0 N–H and O–H groups in total. The van der Waals surface area contributed by atoms with Crippen molar-refractivity contribution in [3.63, 3.8) is 0 Å². The molecule has 0 atom stereocenters. The average molecular weight is 230 g/mol. The second-order valence-electron chi connectivity index (χ2n) is 3.95. The Bertz CT molecular complexity index is 297. The fraction of sp³-hybridized carbons (Fsp3) is 0.727. The zero-order chi connectivity index (χ0) is 10.7. The molecule has 0 radical (unpaired) electrons. The molecular weight excluding hydrogens is 214 g/mol. The molecule has 1 saturated carbocycles. The van der Waals surface area contributed by atoms with Crippen molar-refractivity contribution in [2.24, 2.45) is 0 Å². The number of oxazole rings is 1. The molecule has 1 aliphatic carbocycles. The molecule has 84 valence electrons. The summed E-state index contributed by atoms with van der Waals surface area (Å²) in [6.45, 7) is 0. The highest BCUT2D eigenvalue weighted by atomic mass is 35.5. The lowest BCUT2D eigenvalue weighted by Crippen LogP contribution is -2.04. The van der Waals surface area contributed by atoms with E-state index in [1.807, 2.05) is 0 Å². The summed E-state index contributed by atoms with van der Waals surface area (Å²) in [7, 11) is 1.60. The largest absolute Gasteiger partial charge is 0.478 e. The average Bonchev–Trinajstić information content (AvgIpc) is 2.73. The van der Waals surface area contributed by atoms with Crippen molar-refractivity contribution in [3.8, 4) is 5.88 Å². The molecule has 0 aromatic carbocycles. The van der Waals surface area contributed by atoms with Gasteiger partial charge in [0.1, 0.15) is 0 Å². The van der Waals surface area contributed by atoms with Crippen LogP contribution in [0.1, 0.15) is 49.7 Å². The van der Waals surface area contributed by atoms with Crippen molar-refractivity contribution < 1.29 is 9.15 Å². The summed E-state index contributed by atoms with van der Waals surface area (Å²) < 4.78 is 10.7. The maximum Gasteiger partial charge on any atom is 0.257 e. The van der Waals surface area contributed by atoms with Crippen LogP contribution in [0, 0.1) is 0 Å². The molecule has 1 aliphatic rings. The zero-order valence-corrected chi connectivity index (χ0v) is 9.72. The number of hydrogen-bond donors (Lipinski definition) is 0. The second kappa shape index (κ2) is 4.88. The highest BCUT2D eigenvalue weighted by molar-refractivity contribution is 6.16. The van der Waals surface area contributed by atoms with E-state index < -0.39 is 0 Å². The summed E-state index contributed by atoms with van der Waals surface area (Å²) in [4.78, 5) is 4.35. The first-order chi connectivity index (χ1) is 7.35. The fourth-order valence-electron chi connectivity index (χ4n) is 2.12. The second-order valence-corrected chi connectivity index (χ2v) is 4.22. The third kappa shape index (κ3) is 2.28.